The molecule has 3 N–H and O–H groups in total. The van der Waals surface area contributed by atoms with Gasteiger partial charge in [-0.1, -0.05) is 18.2 Å². The number of rotatable bonds is 6. The molecule has 24 heavy (non-hydrogen) atoms. The number of nitrogens with one attached hydrogen (secondary N) is 2. The van der Waals surface area contributed by atoms with Crippen LogP contribution in [0.3, 0.4) is 0 Å². The minimum atomic E-state index is -4.42. The summed E-state index contributed by atoms with van der Waals surface area (Å²) in [6.45, 7) is 3.25. The van der Waals surface area contributed by atoms with Crippen LogP contribution in [0.1, 0.15) is 37.8 Å². The standard InChI is InChI=1S/C17H23F3N2O2/c1-11(9-12-5-3-4-6-14(12)17(18,19)20)21-15(24)22-16(2,10-23)13-7-8-13/h3-6,11,13,23H,7-10H2,1-2H3,(H2,21,22,24). The van der Waals surface area contributed by atoms with Crippen molar-refractivity contribution < 1.29 is 23.1 Å². The molecule has 7 heteroatoms. The third-order valence-electron chi connectivity index (χ3n) is 4.43. The maximum Gasteiger partial charge on any atom is 0.416 e. The van der Waals surface area contributed by atoms with E-state index in [2.05, 4.69) is 10.6 Å². The van der Waals surface area contributed by atoms with Crippen molar-refractivity contribution in [3.63, 3.8) is 0 Å². The van der Waals surface area contributed by atoms with Crippen LogP contribution in [0.5, 0.6) is 0 Å². The molecular formula is C17H23F3N2O2. The first-order valence-corrected chi connectivity index (χ1v) is 8.00. The number of carbonyl (C=O) groups excluding carboxylic acids is 1. The first-order chi connectivity index (χ1) is 11.2. The topological polar surface area (TPSA) is 61.4 Å². The average molecular weight is 344 g/mol. The lowest BCUT2D eigenvalue weighted by Crippen LogP contribution is -2.55. The Labute approximate surface area is 139 Å². The number of hydrogen-bond donors (Lipinski definition) is 3. The summed E-state index contributed by atoms with van der Waals surface area (Å²) in [7, 11) is 0. The summed E-state index contributed by atoms with van der Waals surface area (Å²) in [5.41, 5.74) is -1.23. The van der Waals surface area contributed by atoms with Gasteiger partial charge in [-0.3, -0.25) is 0 Å². The van der Waals surface area contributed by atoms with E-state index >= 15 is 0 Å². The lowest BCUT2D eigenvalue weighted by atomic mass is 9.97. The second-order valence-corrected chi connectivity index (χ2v) is 6.71. The Hall–Kier alpha value is -1.76. The molecule has 1 aliphatic rings. The van der Waals surface area contributed by atoms with Crippen LogP contribution in [-0.2, 0) is 12.6 Å². The fourth-order valence-corrected chi connectivity index (χ4v) is 2.87. The number of benzene rings is 1. The zero-order valence-electron chi connectivity index (χ0n) is 13.8. The van der Waals surface area contributed by atoms with Gasteiger partial charge in [0.25, 0.3) is 0 Å². The van der Waals surface area contributed by atoms with Crippen LogP contribution in [0.2, 0.25) is 0 Å². The van der Waals surface area contributed by atoms with Crippen LogP contribution in [-0.4, -0.2) is 29.3 Å². The maximum atomic E-state index is 13.0. The van der Waals surface area contributed by atoms with Gasteiger partial charge in [0.2, 0.25) is 0 Å². The molecule has 1 saturated carbocycles. The minimum Gasteiger partial charge on any atom is -0.394 e. The second kappa shape index (κ2) is 7.01. The lowest BCUT2D eigenvalue weighted by molar-refractivity contribution is -0.138. The molecule has 0 radical (unpaired) electrons. The fourth-order valence-electron chi connectivity index (χ4n) is 2.87. The summed E-state index contributed by atoms with van der Waals surface area (Å²) >= 11 is 0. The molecule has 0 spiro atoms. The van der Waals surface area contributed by atoms with E-state index in [0.717, 1.165) is 18.9 Å². The molecule has 0 aliphatic heterocycles. The van der Waals surface area contributed by atoms with Gasteiger partial charge in [0, 0.05) is 6.04 Å². The molecule has 0 aromatic heterocycles. The quantitative estimate of drug-likeness (QED) is 0.743. The molecule has 2 rings (SSSR count). The van der Waals surface area contributed by atoms with Crippen molar-refractivity contribution in [3.8, 4) is 0 Å². The number of carbonyl (C=O) groups is 1. The lowest BCUT2D eigenvalue weighted by Gasteiger charge is -2.29. The van der Waals surface area contributed by atoms with Crippen molar-refractivity contribution in [1.29, 1.82) is 0 Å². The molecule has 0 saturated heterocycles. The van der Waals surface area contributed by atoms with E-state index < -0.39 is 29.4 Å². The second-order valence-electron chi connectivity index (χ2n) is 6.71. The SMILES string of the molecule is CC(Cc1ccccc1C(F)(F)F)NC(=O)NC(C)(CO)C1CC1. The van der Waals surface area contributed by atoms with Gasteiger partial charge in [-0.05, 0) is 50.7 Å². The number of alkyl halides is 3. The van der Waals surface area contributed by atoms with E-state index in [4.69, 9.17) is 0 Å². The molecule has 1 fully saturated rings. The Balaban J connectivity index is 1.96. The third kappa shape index (κ3) is 4.63. The highest BCUT2D eigenvalue weighted by atomic mass is 19.4. The number of aliphatic hydroxyl groups excluding tert-OH is 1. The van der Waals surface area contributed by atoms with E-state index in [0.29, 0.717) is 0 Å². The smallest absolute Gasteiger partial charge is 0.394 e. The summed E-state index contributed by atoms with van der Waals surface area (Å²) in [5.74, 6) is 0.245. The Morgan fingerprint density at radius 1 is 1.33 bits per heavy atom. The molecule has 2 unspecified atom stereocenters. The summed E-state index contributed by atoms with van der Waals surface area (Å²) in [5, 5.41) is 14.9. The van der Waals surface area contributed by atoms with Crippen molar-refractivity contribution in [2.75, 3.05) is 6.61 Å². The van der Waals surface area contributed by atoms with Crippen LogP contribution in [0.25, 0.3) is 0 Å². The Morgan fingerprint density at radius 3 is 2.50 bits per heavy atom. The van der Waals surface area contributed by atoms with Crippen LogP contribution >= 0.6 is 0 Å². The van der Waals surface area contributed by atoms with Gasteiger partial charge in [-0.25, -0.2) is 4.79 Å². The van der Waals surface area contributed by atoms with E-state index in [1.807, 2.05) is 0 Å². The van der Waals surface area contributed by atoms with Crippen molar-refractivity contribution in [2.24, 2.45) is 5.92 Å². The number of halogens is 3. The largest absolute Gasteiger partial charge is 0.416 e. The fraction of sp³-hybridized carbons (Fsp3) is 0.588. The van der Waals surface area contributed by atoms with Gasteiger partial charge in [0.15, 0.2) is 0 Å². The molecule has 1 aliphatic carbocycles. The maximum absolute atomic E-state index is 13.0. The first kappa shape index (κ1) is 18.6. The van der Waals surface area contributed by atoms with Crippen LogP contribution < -0.4 is 10.6 Å². The van der Waals surface area contributed by atoms with Crippen LogP contribution in [0, 0.1) is 5.92 Å². The van der Waals surface area contributed by atoms with Gasteiger partial charge >= 0.3 is 12.2 Å². The predicted octanol–water partition coefficient (Wildman–Crippen LogP) is 3.10. The Kier molecular flexibility index (Phi) is 5.42. The number of aliphatic hydroxyl groups is 1. The van der Waals surface area contributed by atoms with E-state index in [1.165, 1.54) is 12.1 Å². The molecule has 134 valence electrons. The zero-order chi connectivity index (χ0) is 18.0. The molecule has 1 aromatic carbocycles. The molecule has 2 amide bonds. The number of hydrogen-bond acceptors (Lipinski definition) is 2. The zero-order valence-corrected chi connectivity index (χ0v) is 13.8. The summed E-state index contributed by atoms with van der Waals surface area (Å²) in [4.78, 5) is 12.1. The third-order valence-corrected chi connectivity index (χ3v) is 4.43. The number of amides is 2. The minimum absolute atomic E-state index is 0.0718. The Bertz CT molecular complexity index is 587. The van der Waals surface area contributed by atoms with Gasteiger partial charge < -0.3 is 15.7 Å². The van der Waals surface area contributed by atoms with Crippen LogP contribution in [0.4, 0.5) is 18.0 Å². The van der Waals surface area contributed by atoms with Gasteiger partial charge in [-0.15, -0.1) is 0 Å². The van der Waals surface area contributed by atoms with E-state index in [-0.39, 0.29) is 24.5 Å². The first-order valence-electron chi connectivity index (χ1n) is 8.00. The predicted molar refractivity (Wildman–Crippen MR) is 84.5 cm³/mol. The number of urea groups is 1. The summed E-state index contributed by atoms with van der Waals surface area (Å²) in [6, 6.07) is 4.40. The average Bonchev–Trinajstić information content (AvgIpc) is 3.31. The van der Waals surface area contributed by atoms with Crippen molar-refractivity contribution in [1.82, 2.24) is 10.6 Å². The molecule has 0 bridgehead atoms. The highest BCUT2D eigenvalue weighted by Gasteiger charge is 2.42. The van der Waals surface area contributed by atoms with Crippen molar-refractivity contribution >= 4 is 6.03 Å². The molecular weight excluding hydrogens is 321 g/mol. The van der Waals surface area contributed by atoms with Crippen molar-refractivity contribution in [2.45, 2.75) is 50.9 Å². The molecule has 4 nitrogen and oxygen atoms in total. The highest BCUT2D eigenvalue weighted by molar-refractivity contribution is 5.75. The van der Waals surface area contributed by atoms with Gasteiger partial charge in [0.1, 0.15) is 0 Å². The van der Waals surface area contributed by atoms with Crippen LogP contribution in [0.15, 0.2) is 24.3 Å². The van der Waals surface area contributed by atoms with Gasteiger partial charge in [0.05, 0.1) is 17.7 Å². The Morgan fingerprint density at radius 2 is 1.96 bits per heavy atom. The van der Waals surface area contributed by atoms with Gasteiger partial charge in [-0.2, -0.15) is 13.2 Å². The highest BCUT2D eigenvalue weighted by Crippen LogP contribution is 2.39. The normalized spacial score (nSPS) is 18.6. The molecule has 0 heterocycles. The van der Waals surface area contributed by atoms with E-state index in [9.17, 15) is 23.1 Å². The molecule has 2 atom stereocenters. The van der Waals surface area contributed by atoms with E-state index in [1.54, 1.807) is 19.9 Å². The summed E-state index contributed by atoms with van der Waals surface area (Å²) in [6.07, 6.45) is -2.44. The van der Waals surface area contributed by atoms with Crippen molar-refractivity contribution in [3.05, 3.63) is 35.4 Å². The molecule has 1 aromatic rings. The summed E-state index contributed by atoms with van der Waals surface area (Å²) < 4.78 is 39.0. The monoisotopic (exact) mass is 344 g/mol.